The zero-order valence-electron chi connectivity index (χ0n) is 11.4. The summed E-state index contributed by atoms with van der Waals surface area (Å²) in [5, 5.41) is 0. The van der Waals surface area contributed by atoms with Gasteiger partial charge in [-0.05, 0) is 53.4 Å². The fourth-order valence-electron chi connectivity index (χ4n) is 2.70. The molecule has 1 aliphatic heterocycles. The highest BCUT2D eigenvalue weighted by atomic mass is 79.9. The second-order valence-electron chi connectivity index (χ2n) is 5.15. The van der Waals surface area contributed by atoms with E-state index in [0.29, 0.717) is 11.7 Å². The van der Waals surface area contributed by atoms with Crippen LogP contribution < -0.4 is 5.73 Å². The number of hydrogen-bond acceptors (Lipinski definition) is 2. The molecule has 2 N–H and O–H groups in total. The SMILES string of the molecule is CCC1CCCCCN1C(=O)c1ccc(N)c(Br)c1. The lowest BCUT2D eigenvalue weighted by Gasteiger charge is -2.29. The molecule has 0 saturated carbocycles. The van der Waals surface area contributed by atoms with E-state index in [1.54, 1.807) is 6.07 Å². The normalized spacial score (nSPS) is 20.1. The van der Waals surface area contributed by atoms with Crippen molar-refractivity contribution in [1.29, 1.82) is 0 Å². The standard InChI is InChI=1S/C15H21BrN2O/c1-2-12-6-4-3-5-9-18(12)15(19)11-7-8-14(17)13(16)10-11/h7-8,10,12H,2-6,9,17H2,1H3. The molecule has 1 unspecified atom stereocenters. The van der Waals surface area contributed by atoms with E-state index >= 15 is 0 Å². The first-order chi connectivity index (χ1) is 9.13. The summed E-state index contributed by atoms with van der Waals surface area (Å²) in [7, 11) is 0. The van der Waals surface area contributed by atoms with Crippen LogP contribution in [0.25, 0.3) is 0 Å². The van der Waals surface area contributed by atoms with Gasteiger partial charge < -0.3 is 10.6 Å². The highest BCUT2D eigenvalue weighted by Gasteiger charge is 2.25. The zero-order valence-corrected chi connectivity index (χ0v) is 12.9. The quantitative estimate of drug-likeness (QED) is 0.840. The molecule has 1 atom stereocenters. The lowest BCUT2D eigenvalue weighted by Crippen LogP contribution is -2.39. The van der Waals surface area contributed by atoms with Crippen molar-refractivity contribution in [2.24, 2.45) is 0 Å². The minimum absolute atomic E-state index is 0.134. The monoisotopic (exact) mass is 324 g/mol. The predicted octanol–water partition coefficient (Wildman–Crippen LogP) is 3.83. The second-order valence-corrected chi connectivity index (χ2v) is 6.00. The summed E-state index contributed by atoms with van der Waals surface area (Å²) >= 11 is 3.39. The molecule has 1 fully saturated rings. The number of halogens is 1. The fraction of sp³-hybridized carbons (Fsp3) is 0.533. The molecule has 0 aliphatic carbocycles. The van der Waals surface area contributed by atoms with Gasteiger partial charge in [0.1, 0.15) is 0 Å². The second kappa shape index (κ2) is 6.42. The van der Waals surface area contributed by atoms with Crippen LogP contribution in [0.3, 0.4) is 0 Å². The van der Waals surface area contributed by atoms with Gasteiger partial charge in [0.2, 0.25) is 0 Å². The zero-order chi connectivity index (χ0) is 13.8. The Morgan fingerprint density at radius 1 is 1.42 bits per heavy atom. The van der Waals surface area contributed by atoms with E-state index < -0.39 is 0 Å². The highest BCUT2D eigenvalue weighted by Crippen LogP contribution is 2.25. The van der Waals surface area contributed by atoms with Gasteiger partial charge in [0, 0.05) is 28.3 Å². The van der Waals surface area contributed by atoms with Crippen LogP contribution in [0.4, 0.5) is 5.69 Å². The average Bonchev–Trinajstić information content (AvgIpc) is 2.66. The molecule has 0 spiro atoms. The smallest absolute Gasteiger partial charge is 0.254 e. The Hall–Kier alpha value is -1.03. The van der Waals surface area contributed by atoms with Crippen molar-refractivity contribution in [3.63, 3.8) is 0 Å². The molecule has 0 bridgehead atoms. The van der Waals surface area contributed by atoms with Gasteiger partial charge in [-0.1, -0.05) is 19.8 Å². The Kier molecular flexibility index (Phi) is 4.86. The summed E-state index contributed by atoms with van der Waals surface area (Å²) in [6.45, 7) is 3.04. The van der Waals surface area contributed by atoms with E-state index in [9.17, 15) is 4.79 Å². The molecule has 2 rings (SSSR count). The van der Waals surface area contributed by atoms with Crippen LogP contribution in [-0.4, -0.2) is 23.4 Å². The number of carbonyl (C=O) groups excluding carboxylic acids is 1. The maximum absolute atomic E-state index is 12.6. The summed E-state index contributed by atoms with van der Waals surface area (Å²) in [5.41, 5.74) is 7.16. The molecule has 1 heterocycles. The lowest BCUT2D eigenvalue weighted by atomic mass is 10.1. The molecule has 4 heteroatoms. The van der Waals surface area contributed by atoms with E-state index in [2.05, 4.69) is 22.9 Å². The van der Waals surface area contributed by atoms with Gasteiger partial charge in [0.25, 0.3) is 5.91 Å². The first-order valence-electron chi connectivity index (χ1n) is 6.99. The Labute approximate surface area is 123 Å². The number of anilines is 1. The average molecular weight is 325 g/mol. The largest absolute Gasteiger partial charge is 0.398 e. The molecule has 1 aliphatic rings. The van der Waals surface area contributed by atoms with Crippen LogP contribution in [-0.2, 0) is 0 Å². The van der Waals surface area contributed by atoms with Crippen molar-refractivity contribution in [3.8, 4) is 0 Å². The number of amides is 1. The van der Waals surface area contributed by atoms with E-state index in [1.807, 2.05) is 17.0 Å². The maximum atomic E-state index is 12.6. The lowest BCUT2D eigenvalue weighted by molar-refractivity contribution is 0.0678. The molecular weight excluding hydrogens is 304 g/mol. The minimum atomic E-state index is 0.134. The summed E-state index contributed by atoms with van der Waals surface area (Å²) in [6.07, 6.45) is 5.72. The molecular formula is C15H21BrN2O. The number of carbonyl (C=O) groups is 1. The van der Waals surface area contributed by atoms with Crippen molar-refractivity contribution >= 4 is 27.5 Å². The molecule has 1 aromatic carbocycles. The van der Waals surface area contributed by atoms with Crippen molar-refractivity contribution in [2.45, 2.75) is 45.1 Å². The van der Waals surface area contributed by atoms with Crippen molar-refractivity contribution in [2.75, 3.05) is 12.3 Å². The predicted molar refractivity (Wildman–Crippen MR) is 82.1 cm³/mol. The Morgan fingerprint density at radius 3 is 2.89 bits per heavy atom. The number of rotatable bonds is 2. The molecule has 104 valence electrons. The number of nitrogens with zero attached hydrogens (tertiary/aromatic N) is 1. The van der Waals surface area contributed by atoms with Crippen LogP contribution in [0.2, 0.25) is 0 Å². The third-order valence-corrected chi connectivity index (χ3v) is 4.54. The first kappa shape index (κ1) is 14.4. The Morgan fingerprint density at radius 2 is 2.21 bits per heavy atom. The fourth-order valence-corrected chi connectivity index (χ4v) is 3.07. The third-order valence-electron chi connectivity index (χ3n) is 3.86. The van der Waals surface area contributed by atoms with Gasteiger partial charge in [-0.15, -0.1) is 0 Å². The molecule has 0 radical (unpaired) electrons. The topological polar surface area (TPSA) is 46.3 Å². The maximum Gasteiger partial charge on any atom is 0.254 e. The van der Waals surface area contributed by atoms with Gasteiger partial charge in [-0.25, -0.2) is 0 Å². The van der Waals surface area contributed by atoms with Gasteiger partial charge in [-0.2, -0.15) is 0 Å². The van der Waals surface area contributed by atoms with Crippen molar-refractivity contribution in [1.82, 2.24) is 4.90 Å². The first-order valence-corrected chi connectivity index (χ1v) is 7.78. The molecule has 0 aromatic heterocycles. The van der Waals surface area contributed by atoms with E-state index in [-0.39, 0.29) is 5.91 Å². The van der Waals surface area contributed by atoms with Crippen LogP contribution in [0.5, 0.6) is 0 Å². The van der Waals surface area contributed by atoms with Gasteiger partial charge in [-0.3, -0.25) is 4.79 Å². The highest BCUT2D eigenvalue weighted by molar-refractivity contribution is 9.10. The number of benzene rings is 1. The minimum Gasteiger partial charge on any atom is -0.398 e. The van der Waals surface area contributed by atoms with Crippen molar-refractivity contribution < 1.29 is 4.79 Å². The van der Waals surface area contributed by atoms with Crippen molar-refractivity contribution in [3.05, 3.63) is 28.2 Å². The van der Waals surface area contributed by atoms with Crippen LogP contribution in [0, 0.1) is 0 Å². The number of nitrogens with two attached hydrogens (primary N) is 1. The summed E-state index contributed by atoms with van der Waals surface area (Å²) in [5.74, 6) is 0.134. The summed E-state index contributed by atoms with van der Waals surface area (Å²) in [4.78, 5) is 14.7. The number of likely N-dealkylation sites (tertiary alicyclic amines) is 1. The number of hydrogen-bond donors (Lipinski definition) is 1. The molecule has 1 saturated heterocycles. The Bertz CT molecular complexity index is 461. The van der Waals surface area contributed by atoms with Crippen LogP contribution in [0.1, 0.15) is 49.4 Å². The summed E-state index contributed by atoms with van der Waals surface area (Å²) in [6, 6.07) is 5.82. The van der Waals surface area contributed by atoms with E-state index in [1.165, 1.54) is 12.8 Å². The van der Waals surface area contributed by atoms with E-state index in [4.69, 9.17) is 5.73 Å². The van der Waals surface area contributed by atoms with Gasteiger partial charge in [0.15, 0.2) is 0 Å². The molecule has 3 nitrogen and oxygen atoms in total. The number of nitrogen functional groups attached to an aromatic ring is 1. The van der Waals surface area contributed by atoms with Gasteiger partial charge in [0.05, 0.1) is 0 Å². The van der Waals surface area contributed by atoms with Crippen LogP contribution in [0.15, 0.2) is 22.7 Å². The van der Waals surface area contributed by atoms with Crippen LogP contribution >= 0.6 is 15.9 Å². The molecule has 1 aromatic rings. The molecule has 19 heavy (non-hydrogen) atoms. The summed E-state index contributed by atoms with van der Waals surface area (Å²) < 4.78 is 0.793. The Balaban J connectivity index is 2.22. The third kappa shape index (κ3) is 3.30. The van der Waals surface area contributed by atoms with Gasteiger partial charge >= 0.3 is 0 Å². The molecule has 1 amide bonds. The van der Waals surface area contributed by atoms with E-state index in [0.717, 1.165) is 35.8 Å².